The number of carbonyl (C=O) groups excluding carboxylic acids is 1. The van der Waals surface area contributed by atoms with Gasteiger partial charge in [0.1, 0.15) is 6.61 Å². The maximum atomic E-state index is 12.6. The van der Waals surface area contributed by atoms with Crippen LogP contribution in [0, 0.1) is 0 Å². The fourth-order valence-corrected chi connectivity index (χ4v) is 2.80. The number of pyridine rings is 2. The average molecular weight is 461 g/mol. The molecule has 1 N–H and O–H groups in total. The molecule has 3 rings (SSSR count). The minimum absolute atomic E-state index is 0.0664. The van der Waals surface area contributed by atoms with Crippen LogP contribution in [0.3, 0.4) is 0 Å². The van der Waals surface area contributed by atoms with Crippen molar-refractivity contribution in [2.45, 2.75) is 26.3 Å². The van der Waals surface area contributed by atoms with Gasteiger partial charge in [-0.1, -0.05) is 12.1 Å². The van der Waals surface area contributed by atoms with Gasteiger partial charge < -0.3 is 19.5 Å². The Morgan fingerprint density at radius 2 is 1.85 bits per heavy atom. The average Bonchev–Trinajstić information content (AvgIpc) is 2.81. The third-order valence-electron chi connectivity index (χ3n) is 4.28. The summed E-state index contributed by atoms with van der Waals surface area (Å²) in [6, 6.07) is 11.5. The summed E-state index contributed by atoms with van der Waals surface area (Å²) >= 11 is 0. The van der Waals surface area contributed by atoms with Crippen molar-refractivity contribution in [3.63, 3.8) is 0 Å². The summed E-state index contributed by atoms with van der Waals surface area (Å²) in [4.78, 5) is 20.5. The number of carbonyl (C=O) groups is 1. The predicted octanol–water partition coefficient (Wildman–Crippen LogP) is 4.33. The zero-order valence-corrected chi connectivity index (χ0v) is 17.8. The molecule has 0 spiro atoms. The minimum atomic E-state index is -4.49. The van der Waals surface area contributed by atoms with E-state index in [-0.39, 0.29) is 19.0 Å². The first-order valence-corrected chi connectivity index (χ1v) is 10.1. The van der Waals surface area contributed by atoms with Crippen molar-refractivity contribution in [1.29, 1.82) is 0 Å². The van der Waals surface area contributed by atoms with Gasteiger partial charge in [0.2, 0.25) is 5.88 Å². The van der Waals surface area contributed by atoms with Crippen molar-refractivity contribution in [3.8, 4) is 17.4 Å². The van der Waals surface area contributed by atoms with Gasteiger partial charge in [-0.05, 0) is 37.3 Å². The number of rotatable bonds is 10. The third-order valence-corrected chi connectivity index (χ3v) is 4.28. The third kappa shape index (κ3) is 7.37. The zero-order chi connectivity index (χ0) is 23.7. The number of nitrogens with zero attached hydrogens (tertiary/aromatic N) is 2. The molecule has 0 aliphatic heterocycles. The number of hydrogen-bond acceptors (Lipinski definition) is 6. The molecule has 0 aliphatic rings. The molecule has 2 aromatic heterocycles. The summed E-state index contributed by atoms with van der Waals surface area (Å²) in [6.45, 7) is 0.917. The van der Waals surface area contributed by atoms with Crippen molar-refractivity contribution in [3.05, 3.63) is 77.7 Å². The van der Waals surface area contributed by atoms with E-state index in [1.807, 2.05) is 13.0 Å². The van der Waals surface area contributed by atoms with Gasteiger partial charge in [-0.15, -0.1) is 0 Å². The normalized spacial score (nSPS) is 11.0. The van der Waals surface area contributed by atoms with Gasteiger partial charge in [0.25, 0.3) is 5.91 Å². The molecular weight excluding hydrogens is 439 g/mol. The van der Waals surface area contributed by atoms with Crippen LogP contribution in [0.1, 0.15) is 28.4 Å². The standard InChI is InChI=1S/C23H22F3N3O4/c1-2-31-20-11-17(7-8-19(20)32-14-16-5-3-9-27-12-16)21(30)29-13-18-6-4-10-28-22(18)33-15-23(24,25)26/h3-12H,2,13-15H2,1H3,(H,29,30). The molecule has 7 nitrogen and oxygen atoms in total. The number of hydrogen-bond donors (Lipinski definition) is 1. The number of halogens is 3. The predicted molar refractivity (Wildman–Crippen MR) is 113 cm³/mol. The van der Waals surface area contributed by atoms with E-state index in [0.717, 1.165) is 5.56 Å². The lowest BCUT2D eigenvalue weighted by Gasteiger charge is -2.14. The fraction of sp³-hybridized carbons (Fsp3) is 0.261. The highest BCUT2D eigenvalue weighted by atomic mass is 19.4. The van der Waals surface area contributed by atoms with Crippen LogP contribution in [0.2, 0.25) is 0 Å². The second-order valence-corrected chi connectivity index (χ2v) is 6.80. The minimum Gasteiger partial charge on any atom is -0.490 e. The summed E-state index contributed by atoms with van der Waals surface area (Å²) in [5.74, 6) is 0.224. The van der Waals surface area contributed by atoms with Crippen LogP contribution >= 0.6 is 0 Å². The van der Waals surface area contributed by atoms with E-state index >= 15 is 0 Å². The van der Waals surface area contributed by atoms with Crippen LogP contribution in [0.4, 0.5) is 13.2 Å². The Morgan fingerprint density at radius 3 is 2.58 bits per heavy atom. The number of aromatic nitrogens is 2. The Hall–Kier alpha value is -3.82. The molecule has 0 saturated carbocycles. The van der Waals surface area contributed by atoms with E-state index in [0.29, 0.717) is 29.2 Å². The maximum Gasteiger partial charge on any atom is 0.422 e. The summed E-state index contributed by atoms with van der Waals surface area (Å²) < 4.78 is 53.5. The SMILES string of the molecule is CCOc1cc(C(=O)NCc2cccnc2OCC(F)(F)F)ccc1OCc1cccnc1. The van der Waals surface area contributed by atoms with Crippen LogP contribution in [-0.4, -0.2) is 35.3 Å². The van der Waals surface area contributed by atoms with Gasteiger partial charge in [0, 0.05) is 41.8 Å². The lowest BCUT2D eigenvalue weighted by atomic mass is 10.1. The highest BCUT2D eigenvalue weighted by molar-refractivity contribution is 5.94. The van der Waals surface area contributed by atoms with Crippen LogP contribution in [0.15, 0.2) is 61.1 Å². The Bertz CT molecular complexity index is 1060. The zero-order valence-electron chi connectivity index (χ0n) is 17.8. The largest absolute Gasteiger partial charge is 0.490 e. The van der Waals surface area contributed by atoms with E-state index in [4.69, 9.17) is 14.2 Å². The summed E-state index contributed by atoms with van der Waals surface area (Å²) in [5, 5.41) is 2.65. The first-order chi connectivity index (χ1) is 15.9. The summed E-state index contributed by atoms with van der Waals surface area (Å²) in [7, 11) is 0. The molecule has 1 amide bonds. The van der Waals surface area contributed by atoms with E-state index in [1.54, 1.807) is 42.7 Å². The molecule has 1 aromatic carbocycles. The first kappa shape index (κ1) is 23.8. The fourth-order valence-electron chi connectivity index (χ4n) is 2.80. The first-order valence-electron chi connectivity index (χ1n) is 10.1. The van der Waals surface area contributed by atoms with Gasteiger partial charge in [0.15, 0.2) is 18.1 Å². The van der Waals surface area contributed by atoms with Crippen molar-refractivity contribution in [2.75, 3.05) is 13.2 Å². The molecule has 0 saturated heterocycles. The topological polar surface area (TPSA) is 82.6 Å². The lowest BCUT2D eigenvalue weighted by molar-refractivity contribution is -0.154. The van der Waals surface area contributed by atoms with Crippen molar-refractivity contribution >= 4 is 5.91 Å². The van der Waals surface area contributed by atoms with Gasteiger partial charge in [0.05, 0.1) is 6.61 Å². The van der Waals surface area contributed by atoms with Crippen molar-refractivity contribution in [2.24, 2.45) is 0 Å². The smallest absolute Gasteiger partial charge is 0.422 e. The van der Waals surface area contributed by atoms with Crippen LogP contribution < -0.4 is 19.5 Å². The molecule has 3 aromatic rings. The highest BCUT2D eigenvalue weighted by Crippen LogP contribution is 2.29. The van der Waals surface area contributed by atoms with Crippen LogP contribution in [0.25, 0.3) is 0 Å². The summed E-state index contributed by atoms with van der Waals surface area (Å²) in [5.41, 5.74) is 1.49. The van der Waals surface area contributed by atoms with E-state index in [9.17, 15) is 18.0 Å². The molecule has 0 bridgehead atoms. The molecule has 174 valence electrons. The number of ether oxygens (including phenoxy) is 3. The lowest BCUT2D eigenvalue weighted by Crippen LogP contribution is -2.24. The second kappa shape index (κ2) is 11.2. The molecule has 0 fully saturated rings. The van der Waals surface area contributed by atoms with Crippen LogP contribution in [-0.2, 0) is 13.2 Å². The van der Waals surface area contributed by atoms with E-state index in [2.05, 4.69) is 15.3 Å². The molecule has 2 heterocycles. The van der Waals surface area contributed by atoms with Crippen molar-refractivity contribution in [1.82, 2.24) is 15.3 Å². The molecule has 0 atom stereocenters. The van der Waals surface area contributed by atoms with E-state index < -0.39 is 18.7 Å². The molecule has 33 heavy (non-hydrogen) atoms. The van der Waals surface area contributed by atoms with Gasteiger partial charge >= 0.3 is 6.18 Å². The van der Waals surface area contributed by atoms with Gasteiger partial charge in [-0.25, -0.2) is 4.98 Å². The molecule has 0 aliphatic carbocycles. The second-order valence-electron chi connectivity index (χ2n) is 6.80. The van der Waals surface area contributed by atoms with E-state index in [1.165, 1.54) is 12.3 Å². The Balaban J connectivity index is 1.66. The number of nitrogens with one attached hydrogen (secondary N) is 1. The van der Waals surface area contributed by atoms with Gasteiger partial charge in [-0.2, -0.15) is 13.2 Å². The summed E-state index contributed by atoms with van der Waals surface area (Å²) in [6.07, 6.45) is 0.177. The Morgan fingerprint density at radius 1 is 1.03 bits per heavy atom. The molecular formula is C23H22F3N3O4. The highest BCUT2D eigenvalue weighted by Gasteiger charge is 2.29. The maximum absolute atomic E-state index is 12.6. The quantitative estimate of drug-likeness (QED) is 0.484. The number of amides is 1. The Kier molecular flexibility index (Phi) is 8.06. The van der Waals surface area contributed by atoms with Crippen LogP contribution in [0.5, 0.6) is 17.4 Å². The number of benzene rings is 1. The van der Waals surface area contributed by atoms with Crippen molar-refractivity contribution < 1.29 is 32.2 Å². The Labute approximate surface area is 188 Å². The molecule has 0 radical (unpaired) electrons. The monoisotopic (exact) mass is 461 g/mol. The molecule has 0 unspecified atom stereocenters. The van der Waals surface area contributed by atoms with Gasteiger partial charge in [-0.3, -0.25) is 9.78 Å². The number of alkyl halides is 3. The molecule has 10 heteroatoms.